The summed E-state index contributed by atoms with van der Waals surface area (Å²) in [5.74, 6) is 2.64. The molecule has 0 saturated carbocycles. The summed E-state index contributed by atoms with van der Waals surface area (Å²) in [7, 11) is 0. The van der Waals surface area contributed by atoms with Crippen molar-refractivity contribution in [2.45, 2.75) is 45.6 Å². The van der Waals surface area contributed by atoms with Gasteiger partial charge in [0.05, 0.1) is 0 Å². The first-order valence-corrected chi connectivity index (χ1v) is 9.28. The molecule has 20 heavy (non-hydrogen) atoms. The van der Waals surface area contributed by atoms with Crippen LogP contribution in [-0.4, -0.2) is 61.3 Å². The van der Waals surface area contributed by atoms with E-state index in [1.807, 2.05) is 0 Å². The van der Waals surface area contributed by atoms with Crippen molar-refractivity contribution >= 4 is 11.8 Å². The summed E-state index contributed by atoms with van der Waals surface area (Å²) in [6, 6.07) is 0. The van der Waals surface area contributed by atoms with Gasteiger partial charge in [-0.3, -0.25) is 0 Å². The van der Waals surface area contributed by atoms with Gasteiger partial charge in [-0.15, -0.1) is 0 Å². The highest BCUT2D eigenvalue weighted by molar-refractivity contribution is 7.99. The van der Waals surface area contributed by atoms with E-state index in [1.165, 1.54) is 50.4 Å². The maximum Gasteiger partial charge on any atom is 0.0472 e. The van der Waals surface area contributed by atoms with E-state index in [-0.39, 0.29) is 5.54 Å². The molecule has 0 aromatic carbocycles. The number of nitrogens with one attached hydrogen (secondary N) is 1. The maximum atomic E-state index is 5.62. The Morgan fingerprint density at radius 2 is 1.90 bits per heavy atom. The number of ether oxygens (including phenoxy) is 1. The molecule has 0 radical (unpaired) electrons. The molecule has 2 heterocycles. The van der Waals surface area contributed by atoms with Gasteiger partial charge in [-0.2, -0.15) is 11.8 Å². The Kier molecular flexibility index (Phi) is 6.21. The van der Waals surface area contributed by atoms with Crippen molar-refractivity contribution in [1.82, 2.24) is 10.2 Å². The van der Waals surface area contributed by atoms with Crippen molar-refractivity contribution in [3.8, 4) is 0 Å². The van der Waals surface area contributed by atoms with Crippen LogP contribution in [0.15, 0.2) is 0 Å². The zero-order valence-corrected chi connectivity index (χ0v) is 14.4. The molecule has 0 bridgehead atoms. The highest BCUT2D eigenvalue weighted by Crippen LogP contribution is 2.32. The fourth-order valence-electron chi connectivity index (χ4n) is 3.08. The second-order valence-electron chi connectivity index (χ2n) is 7.46. The van der Waals surface area contributed by atoms with E-state index >= 15 is 0 Å². The number of nitrogens with zero attached hydrogens (tertiary/aromatic N) is 1. The average molecular weight is 301 g/mol. The summed E-state index contributed by atoms with van der Waals surface area (Å²) in [6.07, 6.45) is 3.77. The Balaban J connectivity index is 1.94. The number of rotatable bonds is 4. The van der Waals surface area contributed by atoms with Crippen molar-refractivity contribution in [2.24, 2.45) is 5.41 Å². The standard InChI is InChI=1S/C16H32N2OS/c1-15(2,3)17-13-16(5-9-19-10-6-16)14-18-7-4-11-20-12-8-18/h17H,4-14H2,1-3H3. The van der Waals surface area contributed by atoms with E-state index in [1.54, 1.807) is 0 Å². The molecule has 0 atom stereocenters. The second kappa shape index (κ2) is 7.48. The third kappa shape index (κ3) is 5.55. The van der Waals surface area contributed by atoms with Crippen LogP contribution in [0.3, 0.4) is 0 Å². The largest absolute Gasteiger partial charge is 0.381 e. The molecule has 2 fully saturated rings. The molecule has 4 heteroatoms. The highest BCUT2D eigenvalue weighted by atomic mass is 32.2. The van der Waals surface area contributed by atoms with Crippen molar-refractivity contribution < 1.29 is 4.74 Å². The molecular formula is C16H32N2OS. The van der Waals surface area contributed by atoms with Gasteiger partial charge in [0.1, 0.15) is 0 Å². The van der Waals surface area contributed by atoms with Gasteiger partial charge < -0.3 is 15.0 Å². The summed E-state index contributed by atoms with van der Waals surface area (Å²) in [4.78, 5) is 2.70. The lowest BCUT2D eigenvalue weighted by atomic mass is 9.79. The quantitative estimate of drug-likeness (QED) is 0.862. The Bertz CT molecular complexity index is 277. The first-order valence-electron chi connectivity index (χ1n) is 8.12. The smallest absolute Gasteiger partial charge is 0.0472 e. The van der Waals surface area contributed by atoms with E-state index in [2.05, 4.69) is 42.7 Å². The van der Waals surface area contributed by atoms with Crippen LogP contribution in [0.4, 0.5) is 0 Å². The molecule has 2 aliphatic rings. The average Bonchev–Trinajstić information content (AvgIpc) is 2.66. The van der Waals surface area contributed by atoms with E-state index in [0.29, 0.717) is 5.41 Å². The predicted molar refractivity (Wildman–Crippen MR) is 88.6 cm³/mol. The molecule has 2 rings (SSSR count). The maximum absolute atomic E-state index is 5.62. The van der Waals surface area contributed by atoms with Crippen molar-refractivity contribution in [1.29, 1.82) is 0 Å². The predicted octanol–water partition coefficient (Wildman–Crippen LogP) is 2.61. The topological polar surface area (TPSA) is 24.5 Å². The monoisotopic (exact) mass is 300 g/mol. The summed E-state index contributed by atoms with van der Waals surface area (Å²) in [6.45, 7) is 13.6. The summed E-state index contributed by atoms with van der Waals surface area (Å²) in [5.41, 5.74) is 0.625. The Labute approximate surface area is 129 Å². The van der Waals surface area contributed by atoms with Gasteiger partial charge in [-0.05, 0) is 57.7 Å². The normalized spacial score (nSPS) is 25.4. The molecular weight excluding hydrogens is 268 g/mol. The lowest BCUT2D eigenvalue weighted by molar-refractivity contribution is -0.00598. The van der Waals surface area contributed by atoms with Crippen molar-refractivity contribution in [2.75, 3.05) is 50.9 Å². The molecule has 0 aromatic heterocycles. The minimum atomic E-state index is 0.208. The van der Waals surface area contributed by atoms with Gasteiger partial charge in [0, 0.05) is 44.1 Å². The summed E-state index contributed by atoms with van der Waals surface area (Å²) in [5, 5.41) is 3.75. The number of hydrogen-bond acceptors (Lipinski definition) is 4. The van der Waals surface area contributed by atoms with Crippen LogP contribution in [0.5, 0.6) is 0 Å². The molecule has 118 valence electrons. The molecule has 0 amide bonds. The van der Waals surface area contributed by atoms with E-state index in [9.17, 15) is 0 Å². The number of thioether (sulfide) groups is 1. The van der Waals surface area contributed by atoms with Crippen molar-refractivity contribution in [3.05, 3.63) is 0 Å². The van der Waals surface area contributed by atoms with Gasteiger partial charge in [-0.25, -0.2) is 0 Å². The summed E-state index contributed by atoms with van der Waals surface area (Å²) < 4.78 is 5.62. The molecule has 1 N–H and O–H groups in total. The van der Waals surface area contributed by atoms with Gasteiger partial charge >= 0.3 is 0 Å². The zero-order chi connectivity index (χ0) is 14.5. The fourth-order valence-corrected chi connectivity index (χ4v) is 4.00. The first kappa shape index (κ1) is 16.6. The fraction of sp³-hybridized carbons (Fsp3) is 1.00. The molecule has 2 saturated heterocycles. The minimum absolute atomic E-state index is 0.208. The Morgan fingerprint density at radius 1 is 1.15 bits per heavy atom. The van der Waals surface area contributed by atoms with Crippen LogP contribution in [0, 0.1) is 5.41 Å². The van der Waals surface area contributed by atoms with Gasteiger partial charge in [0.15, 0.2) is 0 Å². The lowest BCUT2D eigenvalue weighted by Crippen LogP contribution is -2.51. The van der Waals surface area contributed by atoms with Crippen LogP contribution < -0.4 is 5.32 Å². The van der Waals surface area contributed by atoms with E-state index < -0.39 is 0 Å². The van der Waals surface area contributed by atoms with Crippen LogP contribution in [0.25, 0.3) is 0 Å². The molecule has 3 nitrogen and oxygen atoms in total. The highest BCUT2D eigenvalue weighted by Gasteiger charge is 2.35. The Morgan fingerprint density at radius 3 is 2.60 bits per heavy atom. The van der Waals surface area contributed by atoms with E-state index in [0.717, 1.165) is 19.8 Å². The zero-order valence-electron chi connectivity index (χ0n) is 13.5. The SMILES string of the molecule is CC(C)(C)NCC1(CN2CCCSCC2)CCOCC1. The van der Waals surface area contributed by atoms with Gasteiger partial charge in [0.2, 0.25) is 0 Å². The molecule has 0 aliphatic carbocycles. The molecule has 0 unspecified atom stereocenters. The van der Waals surface area contributed by atoms with Gasteiger partial charge in [0.25, 0.3) is 0 Å². The second-order valence-corrected chi connectivity index (χ2v) is 8.68. The summed E-state index contributed by atoms with van der Waals surface area (Å²) >= 11 is 2.12. The van der Waals surface area contributed by atoms with Crippen LogP contribution >= 0.6 is 11.8 Å². The molecule has 2 aliphatic heterocycles. The van der Waals surface area contributed by atoms with Crippen LogP contribution in [0.1, 0.15) is 40.0 Å². The van der Waals surface area contributed by atoms with Gasteiger partial charge in [-0.1, -0.05) is 0 Å². The molecule has 0 aromatic rings. The third-order valence-electron chi connectivity index (χ3n) is 4.42. The van der Waals surface area contributed by atoms with Crippen LogP contribution in [-0.2, 0) is 4.74 Å². The number of hydrogen-bond donors (Lipinski definition) is 1. The molecule has 0 spiro atoms. The van der Waals surface area contributed by atoms with Crippen molar-refractivity contribution in [3.63, 3.8) is 0 Å². The van der Waals surface area contributed by atoms with Crippen LogP contribution in [0.2, 0.25) is 0 Å². The minimum Gasteiger partial charge on any atom is -0.381 e. The van der Waals surface area contributed by atoms with E-state index in [4.69, 9.17) is 4.74 Å². The third-order valence-corrected chi connectivity index (χ3v) is 5.47. The first-order chi connectivity index (χ1) is 9.49. The lowest BCUT2D eigenvalue weighted by Gasteiger charge is -2.42. The Hall–Kier alpha value is 0.230.